The number of carbonyl (C=O) groups excluding carboxylic acids is 1. The number of hydrogen-bond donors (Lipinski definition) is 0. The molecule has 0 bridgehead atoms. The zero-order valence-electron chi connectivity index (χ0n) is 18.3. The molecule has 2 aromatic heterocycles. The second kappa shape index (κ2) is 8.34. The molecule has 2 aliphatic rings. The predicted molar refractivity (Wildman–Crippen MR) is 113 cm³/mol. The van der Waals surface area contributed by atoms with Gasteiger partial charge in [0.1, 0.15) is 0 Å². The molecule has 0 aliphatic carbocycles. The van der Waals surface area contributed by atoms with Gasteiger partial charge in [-0.1, -0.05) is 25.9 Å². The van der Waals surface area contributed by atoms with E-state index >= 15 is 0 Å². The van der Waals surface area contributed by atoms with Crippen LogP contribution >= 0.6 is 0 Å². The minimum Gasteiger partial charge on any atom is -0.378 e. The Morgan fingerprint density at radius 2 is 1.97 bits per heavy atom. The molecule has 162 valence electrons. The largest absolute Gasteiger partial charge is 0.378 e. The quantitative estimate of drug-likeness (QED) is 0.765. The lowest BCUT2D eigenvalue weighted by Crippen LogP contribution is -2.45. The molecule has 1 amide bonds. The number of rotatable bonds is 3. The van der Waals surface area contributed by atoms with E-state index in [9.17, 15) is 4.79 Å². The van der Waals surface area contributed by atoms with Crippen LogP contribution < -0.4 is 4.90 Å². The maximum atomic E-state index is 12.9. The summed E-state index contributed by atoms with van der Waals surface area (Å²) in [6.07, 6.45) is 3.78. The van der Waals surface area contributed by atoms with Gasteiger partial charge in [0.05, 0.1) is 30.2 Å². The SMILES string of the molecule is Cc1cc(-c2cnc(N3CCOCC3)nc2[C@@H]2CCCN(C(=O)C(C)(C)C)C2)on1. The highest BCUT2D eigenvalue weighted by molar-refractivity contribution is 5.81. The smallest absolute Gasteiger partial charge is 0.227 e. The first-order valence-electron chi connectivity index (χ1n) is 10.8. The molecule has 2 aliphatic heterocycles. The van der Waals surface area contributed by atoms with Crippen LogP contribution in [0.4, 0.5) is 5.95 Å². The molecule has 8 heteroatoms. The van der Waals surface area contributed by atoms with Gasteiger partial charge in [-0.05, 0) is 19.8 Å². The Morgan fingerprint density at radius 3 is 2.63 bits per heavy atom. The van der Waals surface area contributed by atoms with Crippen molar-refractivity contribution < 1.29 is 14.1 Å². The van der Waals surface area contributed by atoms with Crippen LogP contribution in [0.5, 0.6) is 0 Å². The molecule has 2 fully saturated rings. The fourth-order valence-corrected chi connectivity index (χ4v) is 4.15. The zero-order valence-corrected chi connectivity index (χ0v) is 18.3. The first-order valence-corrected chi connectivity index (χ1v) is 10.8. The van der Waals surface area contributed by atoms with E-state index in [2.05, 4.69) is 15.0 Å². The summed E-state index contributed by atoms with van der Waals surface area (Å²) in [6.45, 7) is 12.2. The molecule has 8 nitrogen and oxygen atoms in total. The molecule has 1 atom stereocenters. The van der Waals surface area contributed by atoms with Gasteiger partial charge in [-0.3, -0.25) is 4.79 Å². The van der Waals surface area contributed by atoms with Crippen molar-refractivity contribution >= 4 is 11.9 Å². The molecule has 0 saturated carbocycles. The Hall–Kier alpha value is -2.48. The average molecular weight is 414 g/mol. The molecular formula is C22H31N5O3. The minimum atomic E-state index is -0.391. The Morgan fingerprint density at radius 1 is 1.20 bits per heavy atom. The fraction of sp³-hybridized carbons (Fsp3) is 0.636. The van der Waals surface area contributed by atoms with Crippen molar-refractivity contribution in [3.05, 3.63) is 23.7 Å². The Bertz CT molecular complexity index is 898. The van der Waals surface area contributed by atoms with Crippen molar-refractivity contribution in [2.24, 2.45) is 5.41 Å². The number of piperidine rings is 1. The van der Waals surface area contributed by atoms with Gasteiger partial charge in [0.25, 0.3) is 0 Å². The highest BCUT2D eigenvalue weighted by Gasteiger charge is 2.33. The van der Waals surface area contributed by atoms with Crippen LogP contribution in [0.1, 0.15) is 50.9 Å². The zero-order chi connectivity index (χ0) is 21.3. The number of carbonyl (C=O) groups is 1. The highest BCUT2D eigenvalue weighted by Crippen LogP contribution is 2.35. The third-order valence-electron chi connectivity index (χ3n) is 5.73. The minimum absolute atomic E-state index is 0.133. The molecule has 4 heterocycles. The van der Waals surface area contributed by atoms with E-state index in [-0.39, 0.29) is 11.8 Å². The molecule has 0 aromatic carbocycles. The second-order valence-corrected chi connectivity index (χ2v) is 9.24. The first kappa shape index (κ1) is 20.8. The van der Waals surface area contributed by atoms with Crippen LogP contribution in [0.2, 0.25) is 0 Å². The van der Waals surface area contributed by atoms with Crippen molar-refractivity contribution in [2.45, 2.75) is 46.5 Å². The van der Waals surface area contributed by atoms with Crippen LogP contribution in [0, 0.1) is 12.3 Å². The molecular weight excluding hydrogens is 382 g/mol. The number of aromatic nitrogens is 3. The lowest BCUT2D eigenvalue weighted by Gasteiger charge is -2.37. The number of morpholine rings is 1. The van der Waals surface area contributed by atoms with Gasteiger partial charge in [-0.15, -0.1) is 0 Å². The molecule has 0 radical (unpaired) electrons. The summed E-state index contributed by atoms with van der Waals surface area (Å²) in [5.74, 6) is 1.71. The van der Waals surface area contributed by atoms with Crippen molar-refractivity contribution in [2.75, 3.05) is 44.3 Å². The summed E-state index contributed by atoms with van der Waals surface area (Å²) in [6, 6.07) is 1.91. The van der Waals surface area contributed by atoms with Crippen molar-refractivity contribution in [3.8, 4) is 11.3 Å². The second-order valence-electron chi connectivity index (χ2n) is 9.24. The van der Waals surface area contributed by atoms with E-state index in [1.165, 1.54) is 0 Å². The van der Waals surface area contributed by atoms with E-state index in [0.29, 0.717) is 31.5 Å². The lowest BCUT2D eigenvalue weighted by atomic mass is 9.88. The van der Waals surface area contributed by atoms with Gasteiger partial charge in [-0.25, -0.2) is 9.97 Å². The first-order chi connectivity index (χ1) is 14.3. The summed E-state index contributed by atoms with van der Waals surface area (Å²) < 4.78 is 11.0. The predicted octanol–water partition coefficient (Wildman–Crippen LogP) is 3.03. The number of likely N-dealkylation sites (tertiary alicyclic amines) is 1. The monoisotopic (exact) mass is 413 g/mol. The molecule has 2 saturated heterocycles. The summed E-state index contributed by atoms with van der Waals surface area (Å²) in [5, 5.41) is 4.04. The lowest BCUT2D eigenvalue weighted by molar-refractivity contribution is -0.140. The standard InChI is InChI=1S/C22H31N5O3/c1-15-12-18(30-25-15)17-13-23-21(26-8-10-29-11-9-26)24-19(17)16-6-5-7-27(14-16)20(28)22(2,3)4/h12-13,16H,5-11,14H2,1-4H3/t16-/m1/s1. The van der Waals surface area contributed by atoms with Crippen LogP contribution in [-0.4, -0.2) is 65.3 Å². The summed E-state index contributed by atoms with van der Waals surface area (Å²) in [4.78, 5) is 26.7. The Kier molecular flexibility index (Phi) is 5.77. The van der Waals surface area contributed by atoms with Gasteiger partial charge in [-0.2, -0.15) is 0 Å². The van der Waals surface area contributed by atoms with E-state index in [4.69, 9.17) is 14.2 Å². The number of amides is 1. The van der Waals surface area contributed by atoms with Gasteiger partial charge in [0.15, 0.2) is 5.76 Å². The summed E-state index contributed by atoms with van der Waals surface area (Å²) in [5.41, 5.74) is 2.23. The highest BCUT2D eigenvalue weighted by atomic mass is 16.5. The molecule has 0 N–H and O–H groups in total. The van der Waals surface area contributed by atoms with Gasteiger partial charge in [0.2, 0.25) is 11.9 Å². The third-order valence-corrected chi connectivity index (χ3v) is 5.73. The Labute approximate surface area is 177 Å². The van der Waals surface area contributed by atoms with Gasteiger partial charge >= 0.3 is 0 Å². The maximum absolute atomic E-state index is 12.9. The topological polar surface area (TPSA) is 84.6 Å². The van der Waals surface area contributed by atoms with E-state index < -0.39 is 5.41 Å². The van der Waals surface area contributed by atoms with Crippen molar-refractivity contribution in [1.29, 1.82) is 0 Å². The summed E-state index contributed by atoms with van der Waals surface area (Å²) in [7, 11) is 0. The van der Waals surface area contributed by atoms with Crippen molar-refractivity contribution in [3.63, 3.8) is 0 Å². The summed E-state index contributed by atoms with van der Waals surface area (Å²) >= 11 is 0. The van der Waals surface area contributed by atoms with E-state index in [1.807, 2.05) is 44.9 Å². The molecule has 2 aromatic rings. The normalized spacial score (nSPS) is 20.5. The number of ether oxygens (including phenoxy) is 1. The number of aryl methyl sites for hydroxylation is 1. The van der Waals surface area contributed by atoms with E-state index in [0.717, 1.165) is 49.4 Å². The number of hydrogen-bond acceptors (Lipinski definition) is 7. The van der Waals surface area contributed by atoms with Gasteiger partial charge in [0, 0.05) is 49.8 Å². The van der Waals surface area contributed by atoms with Crippen LogP contribution in [-0.2, 0) is 9.53 Å². The van der Waals surface area contributed by atoms with E-state index in [1.54, 1.807) is 0 Å². The Balaban J connectivity index is 1.69. The maximum Gasteiger partial charge on any atom is 0.227 e. The third kappa shape index (κ3) is 4.33. The molecule has 30 heavy (non-hydrogen) atoms. The number of nitrogens with zero attached hydrogens (tertiary/aromatic N) is 5. The van der Waals surface area contributed by atoms with Crippen molar-refractivity contribution in [1.82, 2.24) is 20.0 Å². The average Bonchev–Trinajstić information content (AvgIpc) is 3.19. The molecule has 0 unspecified atom stereocenters. The molecule has 4 rings (SSSR count). The fourth-order valence-electron chi connectivity index (χ4n) is 4.15. The number of anilines is 1. The van der Waals surface area contributed by atoms with Crippen LogP contribution in [0.3, 0.4) is 0 Å². The van der Waals surface area contributed by atoms with Crippen LogP contribution in [0.25, 0.3) is 11.3 Å². The molecule has 0 spiro atoms. The van der Waals surface area contributed by atoms with Crippen LogP contribution in [0.15, 0.2) is 16.8 Å². The van der Waals surface area contributed by atoms with Gasteiger partial charge < -0.3 is 19.1 Å².